The lowest BCUT2D eigenvalue weighted by Crippen LogP contribution is -2.24. The molecule has 0 saturated heterocycles. The quantitative estimate of drug-likeness (QED) is 0.776. The standard InChI is InChI=1S/C18H18ClN3O/c1-13-4-2-3-5-14(13)11-20-18(23)8-9-22-17-7-6-16(19)10-15(17)12-21-22/h2-7,10,12H,8-9,11H2,1H3,(H,20,23). The third kappa shape index (κ3) is 3.71. The Labute approximate surface area is 140 Å². The van der Waals surface area contributed by atoms with Crippen molar-refractivity contribution < 1.29 is 4.79 Å². The molecule has 118 valence electrons. The van der Waals surface area contributed by atoms with E-state index >= 15 is 0 Å². The summed E-state index contributed by atoms with van der Waals surface area (Å²) in [6, 6.07) is 13.7. The van der Waals surface area contributed by atoms with E-state index in [4.69, 9.17) is 11.6 Å². The molecule has 4 nitrogen and oxygen atoms in total. The molecule has 0 radical (unpaired) electrons. The van der Waals surface area contributed by atoms with Crippen molar-refractivity contribution in [3.05, 3.63) is 64.8 Å². The maximum absolute atomic E-state index is 12.0. The SMILES string of the molecule is Cc1ccccc1CNC(=O)CCn1ncc2cc(Cl)ccc21. The van der Waals surface area contributed by atoms with Crippen molar-refractivity contribution in [2.24, 2.45) is 0 Å². The minimum atomic E-state index is 0.0193. The van der Waals surface area contributed by atoms with Crippen molar-refractivity contribution in [1.82, 2.24) is 15.1 Å². The molecule has 1 aromatic heterocycles. The van der Waals surface area contributed by atoms with E-state index < -0.39 is 0 Å². The van der Waals surface area contributed by atoms with E-state index in [0.717, 1.165) is 16.5 Å². The number of nitrogens with one attached hydrogen (secondary N) is 1. The summed E-state index contributed by atoms with van der Waals surface area (Å²) >= 11 is 5.97. The van der Waals surface area contributed by atoms with Gasteiger partial charge in [-0.05, 0) is 36.2 Å². The van der Waals surface area contributed by atoms with Crippen molar-refractivity contribution in [1.29, 1.82) is 0 Å². The first-order valence-corrected chi connectivity index (χ1v) is 7.93. The Hall–Kier alpha value is -2.33. The maximum Gasteiger partial charge on any atom is 0.222 e. The van der Waals surface area contributed by atoms with E-state index in [-0.39, 0.29) is 5.91 Å². The molecule has 0 bridgehead atoms. The van der Waals surface area contributed by atoms with Gasteiger partial charge in [0.1, 0.15) is 0 Å². The lowest BCUT2D eigenvalue weighted by atomic mass is 10.1. The van der Waals surface area contributed by atoms with Crippen LogP contribution in [-0.2, 0) is 17.9 Å². The van der Waals surface area contributed by atoms with Crippen molar-refractivity contribution >= 4 is 28.4 Å². The summed E-state index contributed by atoms with van der Waals surface area (Å²) in [6.45, 7) is 3.15. The zero-order chi connectivity index (χ0) is 16.2. The number of hydrogen-bond donors (Lipinski definition) is 1. The van der Waals surface area contributed by atoms with Crippen LogP contribution in [0, 0.1) is 6.92 Å². The van der Waals surface area contributed by atoms with Crippen molar-refractivity contribution in [3.8, 4) is 0 Å². The van der Waals surface area contributed by atoms with Crippen molar-refractivity contribution in [2.45, 2.75) is 26.4 Å². The molecule has 0 aliphatic heterocycles. The fourth-order valence-corrected chi connectivity index (χ4v) is 2.71. The van der Waals surface area contributed by atoms with Gasteiger partial charge in [0.2, 0.25) is 5.91 Å². The highest BCUT2D eigenvalue weighted by atomic mass is 35.5. The van der Waals surface area contributed by atoms with Crippen LogP contribution in [0.5, 0.6) is 0 Å². The molecule has 0 saturated carbocycles. The van der Waals surface area contributed by atoms with E-state index in [1.165, 1.54) is 5.56 Å². The number of amides is 1. The number of hydrogen-bond acceptors (Lipinski definition) is 2. The van der Waals surface area contributed by atoms with Crippen molar-refractivity contribution in [2.75, 3.05) is 0 Å². The third-order valence-electron chi connectivity index (χ3n) is 3.89. The summed E-state index contributed by atoms with van der Waals surface area (Å²) in [5.41, 5.74) is 3.31. The number of nitrogens with zero attached hydrogens (tertiary/aromatic N) is 2. The number of carbonyl (C=O) groups is 1. The second-order valence-electron chi connectivity index (χ2n) is 5.52. The molecule has 5 heteroatoms. The number of fused-ring (bicyclic) bond motifs is 1. The zero-order valence-electron chi connectivity index (χ0n) is 12.9. The summed E-state index contributed by atoms with van der Waals surface area (Å²) in [5, 5.41) is 8.95. The highest BCUT2D eigenvalue weighted by molar-refractivity contribution is 6.31. The minimum absolute atomic E-state index is 0.0193. The summed E-state index contributed by atoms with van der Waals surface area (Å²) in [7, 11) is 0. The van der Waals surface area contributed by atoms with Gasteiger partial charge in [-0.1, -0.05) is 35.9 Å². The molecule has 1 N–H and O–H groups in total. The second-order valence-corrected chi connectivity index (χ2v) is 5.96. The fourth-order valence-electron chi connectivity index (χ4n) is 2.53. The van der Waals surface area contributed by atoms with Crippen LogP contribution in [0.25, 0.3) is 10.9 Å². The van der Waals surface area contributed by atoms with Crippen LogP contribution in [0.1, 0.15) is 17.5 Å². The molecule has 0 atom stereocenters. The van der Waals surface area contributed by atoms with Gasteiger partial charge in [-0.2, -0.15) is 5.10 Å². The average Bonchev–Trinajstić information content (AvgIpc) is 2.94. The van der Waals surface area contributed by atoms with Gasteiger partial charge >= 0.3 is 0 Å². The molecule has 1 heterocycles. The molecule has 3 rings (SSSR count). The van der Waals surface area contributed by atoms with Gasteiger partial charge in [0.15, 0.2) is 0 Å². The molecular weight excluding hydrogens is 310 g/mol. The number of halogens is 1. The van der Waals surface area contributed by atoms with Crippen LogP contribution in [0.4, 0.5) is 0 Å². The normalized spacial score (nSPS) is 10.9. The first kappa shape index (κ1) is 15.6. The van der Waals surface area contributed by atoms with Gasteiger partial charge in [-0.25, -0.2) is 0 Å². The molecule has 2 aromatic carbocycles. The highest BCUT2D eigenvalue weighted by Crippen LogP contribution is 2.19. The van der Waals surface area contributed by atoms with Gasteiger partial charge in [-0.3, -0.25) is 9.48 Å². The first-order valence-electron chi connectivity index (χ1n) is 7.56. The first-order chi connectivity index (χ1) is 11.1. The van der Waals surface area contributed by atoms with Gasteiger partial charge in [0.25, 0.3) is 0 Å². The van der Waals surface area contributed by atoms with E-state index in [9.17, 15) is 4.79 Å². The largest absolute Gasteiger partial charge is 0.352 e. The predicted molar refractivity (Wildman–Crippen MR) is 92.4 cm³/mol. The predicted octanol–water partition coefficient (Wildman–Crippen LogP) is 3.70. The monoisotopic (exact) mass is 327 g/mol. The maximum atomic E-state index is 12.0. The smallest absolute Gasteiger partial charge is 0.222 e. The topological polar surface area (TPSA) is 46.9 Å². The van der Waals surface area contributed by atoms with Gasteiger partial charge in [-0.15, -0.1) is 0 Å². The van der Waals surface area contributed by atoms with Gasteiger partial charge in [0, 0.05) is 23.4 Å². The third-order valence-corrected chi connectivity index (χ3v) is 4.13. The number of aryl methyl sites for hydroxylation is 2. The Bertz CT molecular complexity index is 841. The van der Waals surface area contributed by atoms with Crippen LogP contribution < -0.4 is 5.32 Å². The van der Waals surface area contributed by atoms with Crippen LogP contribution >= 0.6 is 11.6 Å². The van der Waals surface area contributed by atoms with E-state index in [1.54, 1.807) is 6.20 Å². The van der Waals surface area contributed by atoms with Gasteiger partial charge in [0.05, 0.1) is 18.3 Å². The molecule has 23 heavy (non-hydrogen) atoms. The zero-order valence-corrected chi connectivity index (χ0v) is 13.7. The van der Waals surface area contributed by atoms with Crippen LogP contribution in [0.2, 0.25) is 5.02 Å². The molecule has 0 unspecified atom stereocenters. The Kier molecular flexibility index (Phi) is 4.63. The van der Waals surface area contributed by atoms with Crippen LogP contribution in [-0.4, -0.2) is 15.7 Å². The minimum Gasteiger partial charge on any atom is -0.352 e. The summed E-state index contributed by atoms with van der Waals surface area (Å²) in [6.07, 6.45) is 2.16. The number of carbonyl (C=O) groups excluding carboxylic acids is 1. The molecule has 0 aliphatic carbocycles. The van der Waals surface area contributed by atoms with Crippen LogP contribution in [0.3, 0.4) is 0 Å². The molecular formula is C18H18ClN3O. The summed E-state index contributed by atoms with van der Waals surface area (Å²) < 4.78 is 1.83. The Morgan fingerprint density at radius 2 is 2.09 bits per heavy atom. The fraction of sp³-hybridized carbons (Fsp3) is 0.222. The Morgan fingerprint density at radius 1 is 1.26 bits per heavy atom. The number of benzene rings is 2. The number of aromatic nitrogens is 2. The van der Waals surface area contributed by atoms with E-state index in [2.05, 4.69) is 10.4 Å². The lowest BCUT2D eigenvalue weighted by Gasteiger charge is -2.08. The molecule has 3 aromatic rings. The van der Waals surface area contributed by atoms with Crippen LogP contribution in [0.15, 0.2) is 48.7 Å². The Balaban J connectivity index is 1.57. The molecule has 0 fully saturated rings. The van der Waals surface area contributed by atoms with Crippen molar-refractivity contribution in [3.63, 3.8) is 0 Å². The summed E-state index contributed by atoms with van der Waals surface area (Å²) in [4.78, 5) is 12.0. The van der Waals surface area contributed by atoms with E-state index in [0.29, 0.717) is 24.5 Å². The summed E-state index contributed by atoms with van der Waals surface area (Å²) in [5.74, 6) is 0.0193. The number of rotatable bonds is 5. The Morgan fingerprint density at radius 3 is 2.91 bits per heavy atom. The molecule has 1 amide bonds. The highest BCUT2D eigenvalue weighted by Gasteiger charge is 2.07. The van der Waals surface area contributed by atoms with Gasteiger partial charge < -0.3 is 5.32 Å². The van der Waals surface area contributed by atoms with E-state index in [1.807, 2.05) is 54.1 Å². The second kappa shape index (κ2) is 6.84. The molecule has 0 spiro atoms. The average molecular weight is 328 g/mol. The molecule has 0 aliphatic rings. The lowest BCUT2D eigenvalue weighted by molar-refractivity contribution is -0.121.